The second-order valence-corrected chi connectivity index (χ2v) is 3.48. The molecule has 0 saturated heterocycles. The molecule has 3 heteroatoms. The summed E-state index contributed by atoms with van der Waals surface area (Å²) in [6, 6.07) is 2.06. The molecule has 0 fully saturated rings. The standard InChI is InChI=1S/C10H17N3/c1-7-5-8(2)12-10(13(3)4)9(7)6-11/h5H,6,11H2,1-4H3. The molecular formula is C10H17N3. The quantitative estimate of drug-likeness (QED) is 0.742. The van der Waals surface area contributed by atoms with Gasteiger partial charge in [-0.1, -0.05) is 0 Å². The van der Waals surface area contributed by atoms with Crippen LogP contribution in [0.25, 0.3) is 0 Å². The van der Waals surface area contributed by atoms with Gasteiger partial charge in [0, 0.05) is 31.9 Å². The molecule has 0 aliphatic heterocycles. The molecule has 1 heterocycles. The van der Waals surface area contributed by atoms with E-state index in [4.69, 9.17) is 5.73 Å². The minimum atomic E-state index is 0.548. The number of nitrogens with zero attached hydrogens (tertiary/aromatic N) is 2. The smallest absolute Gasteiger partial charge is 0.133 e. The third kappa shape index (κ3) is 1.98. The summed E-state index contributed by atoms with van der Waals surface area (Å²) in [4.78, 5) is 6.45. The first-order chi connectivity index (χ1) is 6.06. The molecule has 2 N–H and O–H groups in total. The monoisotopic (exact) mass is 179 g/mol. The molecule has 0 aliphatic carbocycles. The Bertz CT molecular complexity index is 305. The van der Waals surface area contributed by atoms with Gasteiger partial charge < -0.3 is 10.6 Å². The number of aromatic nitrogens is 1. The lowest BCUT2D eigenvalue weighted by atomic mass is 10.1. The summed E-state index contributed by atoms with van der Waals surface area (Å²) in [6.07, 6.45) is 0. The highest BCUT2D eigenvalue weighted by molar-refractivity contribution is 5.50. The van der Waals surface area contributed by atoms with Gasteiger partial charge >= 0.3 is 0 Å². The molecule has 1 rings (SSSR count). The molecule has 0 aromatic carbocycles. The minimum absolute atomic E-state index is 0.548. The van der Waals surface area contributed by atoms with Crippen molar-refractivity contribution in [1.29, 1.82) is 0 Å². The Labute approximate surface area is 79.6 Å². The lowest BCUT2D eigenvalue weighted by Crippen LogP contribution is -2.16. The Morgan fingerprint density at radius 1 is 1.38 bits per heavy atom. The molecule has 13 heavy (non-hydrogen) atoms. The molecule has 0 radical (unpaired) electrons. The molecule has 0 aliphatic rings. The van der Waals surface area contributed by atoms with Crippen molar-refractivity contribution >= 4 is 5.82 Å². The largest absolute Gasteiger partial charge is 0.362 e. The summed E-state index contributed by atoms with van der Waals surface area (Å²) < 4.78 is 0. The predicted octanol–water partition coefficient (Wildman–Crippen LogP) is 1.22. The van der Waals surface area contributed by atoms with Crippen LogP contribution in [-0.2, 0) is 6.54 Å². The van der Waals surface area contributed by atoms with Gasteiger partial charge in [-0.15, -0.1) is 0 Å². The number of hydrogen-bond donors (Lipinski definition) is 1. The average Bonchev–Trinajstić information content (AvgIpc) is 2.02. The molecular weight excluding hydrogens is 162 g/mol. The second-order valence-electron chi connectivity index (χ2n) is 3.48. The summed E-state index contributed by atoms with van der Waals surface area (Å²) in [5.74, 6) is 0.986. The Morgan fingerprint density at radius 2 is 2.00 bits per heavy atom. The van der Waals surface area contributed by atoms with Crippen molar-refractivity contribution in [1.82, 2.24) is 4.98 Å². The summed E-state index contributed by atoms with van der Waals surface area (Å²) in [7, 11) is 3.97. The van der Waals surface area contributed by atoms with Crippen molar-refractivity contribution in [2.24, 2.45) is 5.73 Å². The van der Waals surface area contributed by atoms with E-state index >= 15 is 0 Å². The Kier molecular flexibility index (Phi) is 2.88. The van der Waals surface area contributed by atoms with Gasteiger partial charge in [0.25, 0.3) is 0 Å². The van der Waals surface area contributed by atoms with Crippen LogP contribution in [0.15, 0.2) is 6.07 Å². The summed E-state index contributed by atoms with van der Waals surface area (Å²) in [5, 5.41) is 0. The minimum Gasteiger partial charge on any atom is -0.362 e. The zero-order chi connectivity index (χ0) is 10.0. The van der Waals surface area contributed by atoms with Crippen LogP contribution in [0.4, 0.5) is 5.82 Å². The number of rotatable bonds is 2. The molecule has 0 unspecified atom stereocenters. The highest BCUT2D eigenvalue weighted by atomic mass is 15.1. The van der Waals surface area contributed by atoms with Gasteiger partial charge in [-0.3, -0.25) is 0 Å². The first-order valence-corrected chi connectivity index (χ1v) is 4.40. The lowest BCUT2D eigenvalue weighted by Gasteiger charge is -2.17. The number of anilines is 1. The van der Waals surface area contributed by atoms with E-state index in [-0.39, 0.29) is 0 Å². The number of pyridine rings is 1. The third-order valence-electron chi connectivity index (χ3n) is 2.08. The topological polar surface area (TPSA) is 42.1 Å². The van der Waals surface area contributed by atoms with Crippen molar-refractivity contribution in [3.05, 3.63) is 22.9 Å². The summed E-state index contributed by atoms with van der Waals surface area (Å²) >= 11 is 0. The molecule has 0 spiro atoms. The van der Waals surface area contributed by atoms with E-state index < -0.39 is 0 Å². The zero-order valence-electron chi connectivity index (χ0n) is 8.76. The molecule has 0 bridgehead atoms. The van der Waals surface area contributed by atoms with E-state index in [1.807, 2.05) is 25.9 Å². The van der Waals surface area contributed by atoms with Crippen LogP contribution in [-0.4, -0.2) is 19.1 Å². The van der Waals surface area contributed by atoms with Gasteiger partial charge in [0.05, 0.1) is 0 Å². The maximum Gasteiger partial charge on any atom is 0.133 e. The van der Waals surface area contributed by atoms with Crippen molar-refractivity contribution < 1.29 is 0 Å². The van der Waals surface area contributed by atoms with Gasteiger partial charge in [-0.25, -0.2) is 4.98 Å². The SMILES string of the molecule is Cc1cc(C)c(CN)c(N(C)C)n1. The van der Waals surface area contributed by atoms with Crippen LogP contribution >= 0.6 is 0 Å². The van der Waals surface area contributed by atoms with Gasteiger partial charge in [-0.05, 0) is 25.5 Å². The van der Waals surface area contributed by atoms with Crippen molar-refractivity contribution in [3.8, 4) is 0 Å². The van der Waals surface area contributed by atoms with Crippen LogP contribution in [0.5, 0.6) is 0 Å². The molecule has 0 atom stereocenters. The Balaban J connectivity index is 3.29. The van der Waals surface area contributed by atoms with Gasteiger partial charge in [0.15, 0.2) is 0 Å². The molecule has 0 amide bonds. The van der Waals surface area contributed by atoms with Crippen LogP contribution in [0.3, 0.4) is 0 Å². The van der Waals surface area contributed by atoms with Crippen LogP contribution in [0, 0.1) is 13.8 Å². The number of nitrogens with two attached hydrogens (primary N) is 1. The fraction of sp³-hybridized carbons (Fsp3) is 0.500. The Morgan fingerprint density at radius 3 is 2.46 bits per heavy atom. The third-order valence-corrected chi connectivity index (χ3v) is 2.08. The van der Waals surface area contributed by atoms with Crippen LogP contribution < -0.4 is 10.6 Å². The maximum absolute atomic E-state index is 5.67. The van der Waals surface area contributed by atoms with Gasteiger partial charge in [0.2, 0.25) is 0 Å². The van der Waals surface area contributed by atoms with E-state index in [1.54, 1.807) is 0 Å². The first-order valence-electron chi connectivity index (χ1n) is 4.40. The van der Waals surface area contributed by atoms with Gasteiger partial charge in [-0.2, -0.15) is 0 Å². The number of hydrogen-bond acceptors (Lipinski definition) is 3. The second kappa shape index (κ2) is 3.75. The number of aryl methyl sites for hydroxylation is 2. The fourth-order valence-electron chi connectivity index (χ4n) is 1.47. The molecule has 0 saturated carbocycles. The molecule has 1 aromatic rings. The highest BCUT2D eigenvalue weighted by Crippen LogP contribution is 2.19. The van der Waals surface area contributed by atoms with E-state index in [0.717, 1.165) is 17.1 Å². The highest BCUT2D eigenvalue weighted by Gasteiger charge is 2.08. The molecule has 3 nitrogen and oxygen atoms in total. The summed E-state index contributed by atoms with van der Waals surface area (Å²) in [5.41, 5.74) is 9.07. The Hall–Kier alpha value is -1.09. The van der Waals surface area contributed by atoms with E-state index in [2.05, 4.69) is 18.0 Å². The van der Waals surface area contributed by atoms with Crippen LogP contribution in [0.1, 0.15) is 16.8 Å². The van der Waals surface area contributed by atoms with Crippen molar-refractivity contribution in [2.45, 2.75) is 20.4 Å². The maximum atomic E-state index is 5.67. The van der Waals surface area contributed by atoms with E-state index in [1.165, 1.54) is 5.56 Å². The predicted molar refractivity (Wildman–Crippen MR) is 55.9 cm³/mol. The lowest BCUT2D eigenvalue weighted by molar-refractivity contribution is 0.956. The van der Waals surface area contributed by atoms with Crippen LogP contribution in [0.2, 0.25) is 0 Å². The molecule has 1 aromatic heterocycles. The first kappa shape index (κ1) is 9.99. The normalized spacial score (nSPS) is 10.2. The zero-order valence-corrected chi connectivity index (χ0v) is 8.76. The molecule has 72 valence electrons. The van der Waals surface area contributed by atoms with Crippen molar-refractivity contribution in [3.63, 3.8) is 0 Å². The van der Waals surface area contributed by atoms with Gasteiger partial charge in [0.1, 0.15) is 5.82 Å². The fourth-order valence-corrected chi connectivity index (χ4v) is 1.47. The van der Waals surface area contributed by atoms with E-state index in [0.29, 0.717) is 6.54 Å². The summed E-state index contributed by atoms with van der Waals surface area (Å²) in [6.45, 7) is 4.62. The van der Waals surface area contributed by atoms with Crippen molar-refractivity contribution in [2.75, 3.05) is 19.0 Å². The average molecular weight is 179 g/mol. The van der Waals surface area contributed by atoms with E-state index in [9.17, 15) is 0 Å².